The standard InChI is InChI=1S/C13H17F3N2O/c1-10-8-18(7-6-17-10)11-2-4-12(5-3-11)19-9-13(14,15)16/h2-5,10,17H,6-9H2,1H3/t10-/m1/s1. The molecule has 0 aliphatic carbocycles. The Balaban J connectivity index is 1.94. The average molecular weight is 274 g/mol. The van der Waals surface area contributed by atoms with Gasteiger partial charge in [0.05, 0.1) is 0 Å². The molecule has 0 amide bonds. The van der Waals surface area contributed by atoms with Crippen LogP contribution >= 0.6 is 0 Å². The Hall–Kier alpha value is -1.43. The third kappa shape index (κ3) is 4.31. The lowest BCUT2D eigenvalue weighted by Crippen LogP contribution is -2.49. The van der Waals surface area contributed by atoms with Crippen molar-refractivity contribution in [2.45, 2.75) is 19.1 Å². The van der Waals surface area contributed by atoms with Gasteiger partial charge in [-0.1, -0.05) is 0 Å². The normalized spacial score (nSPS) is 20.4. The minimum absolute atomic E-state index is 0.240. The first-order chi connectivity index (χ1) is 8.94. The van der Waals surface area contributed by atoms with Gasteiger partial charge in [-0.25, -0.2) is 0 Å². The lowest BCUT2D eigenvalue weighted by atomic mass is 10.2. The first kappa shape index (κ1) is 14.0. The second kappa shape index (κ2) is 5.69. The van der Waals surface area contributed by atoms with Crippen molar-refractivity contribution in [3.05, 3.63) is 24.3 Å². The number of nitrogens with zero attached hydrogens (tertiary/aromatic N) is 1. The van der Waals surface area contributed by atoms with E-state index in [1.807, 2.05) is 0 Å². The van der Waals surface area contributed by atoms with Gasteiger partial charge in [-0.2, -0.15) is 13.2 Å². The minimum atomic E-state index is -4.30. The number of rotatable bonds is 3. The van der Waals surface area contributed by atoms with Crippen molar-refractivity contribution in [3.63, 3.8) is 0 Å². The van der Waals surface area contributed by atoms with Crippen molar-refractivity contribution >= 4 is 5.69 Å². The van der Waals surface area contributed by atoms with E-state index in [2.05, 4.69) is 21.9 Å². The van der Waals surface area contributed by atoms with Crippen LogP contribution in [0.15, 0.2) is 24.3 Å². The van der Waals surface area contributed by atoms with E-state index in [0.29, 0.717) is 6.04 Å². The fraction of sp³-hybridized carbons (Fsp3) is 0.538. The van der Waals surface area contributed by atoms with E-state index in [4.69, 9.17) is 0 Å². The second-order valence-corrected chi connectivity index (χ2v) is 4.70. The second-order valence-electron chi connectivity index (χ2n) is 4.70. The molecule has 1 aromatic carbocycles. The first-order valence-electron chi connectivity index (χ1n) is 6.22. The molecule has 1 fully saturated rings. The lowest BCUT2D eigenvalue weighted by molar-refractivity contribution is -0.153. The molecule has 2 rings (SSSR count). The Morgan fingerprint density at radius 2 is 2.00 bits per heavy atom. The average Bonchev–Trinajstić information content (AvgIpc) is 2.36. The predicted molar refractivity (Wildman–Crippen MR) is 67.7 cm³/mol. The molecule has 1 N–H and O–H groups in total. The van der Waals surface area contributed by atoms with Gasteiger partial charge in [0.25, 0.3) is 0 Å². The number of anilines is 1. The Kier molecular flexibility index (Phi) is 4.19. The summed E-state index contributed by atoms with van der Waals surface area (Å²) in [5, 5.41) is 3.34. The quantitative estimate of drug-likeness (QED) is 0.916. The molecule has 6 heteroatoms. The zero-order valence-corrected chi connectivity index (χ0v) is 10.7. The molecule has 1 atom stereocenters. The van der Waals surface area contributed by atoms with Gasteiger partial charge >= 0.3 is 6.18 Å². The van der Waals surface area contributed by atoms with E-state index >= 15 is 0 Å². The Morgan fingerprint density at radius 1 is 1.32 bits per heavy atom. The number of benzene rings is 1. The van der Waals surface area contributed by atoms with Crippen LogP contribution in [0.5, 0.6) is 5.75 Å². The summed E-state index contributed by atoms with van der Waals surface area (Å²) in [6.45, 7) is 3.55. The van der Waals surface area contributed by atoms with Crippen molar-refractivity contribution in [3.8, 4) is 5.75 Å². The van der Waals surface area contributed by atoms with Crippen molar-refractivity contribution in [2.75, 3.05) is 31.1 Å². The van der Waals surface area contributed by atoms with Crippen LogP contribution in [0.2, 0.25) is 0 Å². The summed E-state index contributed by atoms with van der Waals surface area (Å²) in [6, 6.07) is 7.16. The summed E-state index contributed by atoms with van der Waals surface area (Å²) in [5.74, 6) is 0.240. The van der Waals surface area contributed by atoms with Crippen molar-refractivity contribution in [2.24, 2.45) is 0 Å². The Labute approximate surface area is 110 Å². The van der Waals surface area contributed by atoms with Gasteiger partial charge in [0.15, 0.2) is 6.61 Å². The molecule has 1 heterocycles. The molecular formula is C13H17F3N2O. The highest BCUT2D eigenvalue weighted by Gasteiger charge is 2.28. The van der Waals surface area contributed by atoms with E-state index in [0.717, 1.165) is 25.3 Å². The van der Waals surface area contributed by atoms with Gasteiger partial charge < -0.3 is 15.0 Å². The molecule has 0 saturated carbocycles. The van der Waals surface area contributed by atoms with E-state index < -0.39 is 12.8 Å². The fourth-order valence-corrected chi connectivity index (χ4v) is 2.09. The van der Waals surface area contributed by atoms with Crippen LogP contribution < -0.4 is 15.0 Å². The zero-order chi connectivity index (χ0) is 13.9. The van der Waals surface area contributed by atoms with Crippen LogP contribution in [0, 0.1) is 0 Å². The Morgan fingerprint density at radius 3 is 2.58 bits per heavy atom. The largest absolute Gasteiger partial charge is 0.484 e. The molecule has 106 valence electrons. The van der Waals surface area contributed by atoms with Crippen molar-refractivity contribution in [1.29, 1.82) is 0 Å². The van der Waals surface area contributed by atoms with Gasteiger partial charge in [-0.15, -0.1) is 0 Å². The highest BCUT2D eigenvalue weighted by Crippen LogP contribution is 2.22. The van der Waals surface area contributed by atoms with Crippen molar-refractivity contribution < 1.29 is 17.9 Å². The number of halogens is 3. The van der Waals surface area contributed by atoms with Crippen LogP contribution in [-0.4, -0.2) is 38.5 Å². The SMILES string of the molecule is C[C@@H]1CN(c2ccc(OCC(F)(F)F)cc2)CCN1. The topological polar surface area (TPSA) is 24.5 Å². The molecule has 0 unspecified atom stereocenters. The summed E-state index contributed by atoms with van der Waals surface area (Å²) in [4.78, 5) is 2.20. The highest BCUT2D eigenvalue weighted by atomic mass is 19.4. The predicted octanol–water partition coefficient (Wildman–Crippen LogP) is 2.43. The molecule has 3 nitrogen and oxygen atoms in total. The summed E-state index contributed by atoms with van der Waals surface area (Å²) in [5.41, 5.74) is 1.01. The minimum Gasteiger partial charge on any atom is -0.484 e. The van der Waals surface area contributed by atoms with Gasteiger partial charge in [0, 0.05) is 31.4 Å². The number of hydrogen-bond donors (Lipinski definition) is 1. The van der Waals surface area contributed by atoms with Gasteiger partial charge in [-0.05, 0) is 31.2 Å². The third-order valence-corrected chi connectivity index (χ3v) is 2.97. The summed E-state index contributed by atoms with van der Waals surface area (Å²) < 4.78 is 40.7. The number of alkyl halides is 3. The molecule has 0 spiro atoms. The van der Waals surface area contributed by atoms with Crippen LogP contribution in [0.4, 0.5) is 18.9 Å². The number of piperazine rings is 1. The molecule has 19 heavy (non-hydrogen) atoms. The van der Waals surface area contributed by atoms with Crippen LogP contribution in [0.1, 0.15) is 6.92 Å². The lowest BCUT2D eigenvalue weighted by Gasteiger charge is -2.33. The summed E-state index contributed by atoms with van der Waals surface area (Å²) in [6.07, 6.45) is -4.30. The molecule has 0 aromatic heterocycles. The third-order valence-electron chi connectivity index (χ3n) is 2.97. The molecule has 1 saturated heterocycles. The van der Waals surface area contributed by atoms with Gasteiger partial charge in [0.2, 0.25) is 0 Å². The van der Waals surface area contributed by atoms with E-state index in [1.54, 1.807) is 24.3 Å². The van der Waals surface area contributed by atoms with Crippen LogP contribution in [0.25, 0.3) is 0 Å². The van der Waals surface area contributed by atoms with E-state index in [1.165, 1.54) is 0 Å². The maximum absolute atomic E-state index is 12.0. The van der Waals surface area contributed by atoms with Crippen LogP contribution in [0.3, 0.4) is 0 Å². The Bertz CT molecular complexity index is 405. The maximum Gasteiger partial charge on any atom is 0.422 e. The van der Waals surface area contributed by atoms with E-state index in [-0.39, 0.29) is 5.75 Å². The summed E-state index contributed by atoms with van der Waals surface area (Å²) in [7, 11) is 0. The number of nitrogens with one attached hydrogen (secondary N) is 1. The monoisotopic (exact) mass is 274 g/mol. The van der Waals surface area contributed by atoms with Crippen LogP contribution in [-0.2, 0) is 0 Å². The van der Waals surface area contributed by atoms with E-state index in [9.17, 15) is 13.2 Å². The molecule has 0 radical (unpaired) electrons. The maximum atomic E-state index is 12.0. The zero-order valence-electron chi connectivity index (χ0n) is 10.7. The molecule has 0 bridgehead atoms. The highest BCUT2D eigenvalue weighted by molar-refractivity contribution is 5.49. The number of hydrogen-bond acceptors (Lipinski definition) is 3. The first-order valence-corrected chi connectivity index (χ1v) is 6.22. The molecule has 1 aromatic rings. The smallest absolute Gasteiger partial charge is 0.422 e. The summed E-state index contributed by atoms with van der Waals surface area (Å²) >= 11 is 0. The molecule has 1 aliphatic rings. The van der Waals surface area contributed by atoms with Gasteiger partial charge in [-0.3, -0.25) is 0 Å². The fourth-order valence-electron chi connectivity index (χ4n) is 2.09. The van der Waals surface area contributed by atoms with Crippen molar-refractivity contribution in [1.82, 2.24) is 5.32 Å². The number of ether oxygens (including phenoxy) is 1. The van der Waals surface area contributed by atoms with Gasteiger partial charge in [0.1, 0.15) is 5.75 Å². The molecular weight excluding hydrogens is 257 g/mol. The molecule has 1 aliphatic heterocycles.